The summed E-state index contributed by atoms with van der Waals surface area (Å²) in [5.74, 6) is -1.63. The molecule has 3 rings (SSSR count). The Balaban J connectivity index is 1.61. The highest BCUT2D eigenvalue weighted by Gasteiger charge is 2.15. The molecule has 0 aliphatic rings. The minimum atomic E-state index is -0.895. The molecule has 3 aromatic rings. The number of hydrogen-bond acceptors (Lipinski definition) is 5. The van der Waals surface area contributed by atoms with Crippen LogP contribution in [-0.4, -0.2) is 18.5 Å². The molecule has 26 heavy (non-hydrogen) atoms. The lowest BCUT2D eigenvalue weighted by molar-refractivity contribution is -0.124. The molecule has 1 aromatic heterocycles. The van der Waals surface area contributed by atoms with Gasteiger partial charge in [-0.05, 0) is 23.8 Å². The second-order valence-electron chi connectivity index (χ2n) is 5.45. The summed E-state index contributed by atoms with van der Waals surface area (Å²) in [6.45, 7) is -0.156. The lowest BCUT2D eigenvalue weighted by Crippen LogP contribution is -2.28. The van der Waals surface area contributed by atoms with Crippen molar-refractivity contribution in [3.63, 3.8) is 0 Å². The van der Waals surface area contributed by atoms with E-state index < -0.39 is 23.9 Å². The number of rotatable bonds is 5. The first-order chi connectivity index (χ1) is 12.5. The molecule has 0 radical (unpaired) electrons. The van der Waals surface area contributed by atoms with Gasteiger partial charge in [0.15, 0.2) is 12.0 Å². The van der Waals surface area contributed by atoms with Crippen LogP contribution in [0.15, 0.2) is 63.8 Å². The summed E-state index contributed by atoms with van der Waals surface area (Å²) in [7, 11) is 0. The maximum absolute atomic E-state index is 12.0. The molecule has 1 amide bonds. The largest absolute Gasteiger partial charge is 0.450 e. The second kappa shape index (κ2) is 7.84. The summed E-state index contributed by atoms with van der Waals surface area (Å²) in [6.07, 6.45) is 0. The predicted molar refractivity (Wildman–Crippen MR) is 96.1 cm³/mol. The number of ether oxygens (including phenoxy) is 1. The molecule has 2 aromatic carbocycles. The van der Waals surface area contributed by atoms with Gasteiger partial charge in [-0.3, -0.25) is 9.59 Å². The molecule has 0 aliphatic carbocycles. The smallest absolute Gasteiger partial charge is 0.374 e. The third-order valence-corrected chi connectivity index (χ3v) is 3.79. The Morgan fingerprint density at radius 1 is 1.08 bits per heavy atom. The van der Waals surface area contributed by atoms with Crippen LogP contribution in [0.4, 0.5) is 0 Å². The Kier molecular flexibility index (Phi) is 5.34. The van der Waals surface area contributed by atoms with Crippen molar-refractivity contribution in [2.24, 2.45) is 0 Å². The molecule has 7 heteroatoms. The van der Waals surface area contributed by atoms with Crippen molar-refractivity contribution in [1.82, 2.24) is 5.32 Å². The van der Waals surface area contributed by atoms with Crippen LogP contribution in [0, 0.1) is 0 Å². The molecule has 1 heterocycles. The number of fused-ring (bicyclic) bond motifs is 1. The molecule has 0 atom stereocenters. The minimum Gasteiger partial charge on any atom is -0.450 e. The first-order valence-corrected chi connectivity index (χ1v) is 8.12. The van der Waals surface area contributed by atoms with E-state index >= 15 is 0 Å². The minimum absolute atomic E-state index is 0.211. The van der Waals surface area contributed by atoms with Gasteiger partial charge in [0.05, 0.1) is 5.39 Å². The number of carbonyl (C=O) groups is 2. The molecular formula is C19H14ClNO5. The zero-order valence-electron chi connectivity index (χ0n) is 13.5. The maximum atomic E-state index is 12.0. The topological polar surface area (TPSA) is 85.6 Å². The normalized spacial score (nSPS) is 10.5. The van der Waals surface area contributed by atoms with Gasteiger partial charge in [-0.15, -0.1) is 0 Å². The zero-order valence-corrected chi connectivity index (χ0v) is 14.3. The molecule has 0 unspecified atom stereocenters. The van der Waals surface area contributed by atoms with Gasteiger partial charge in [-0.1, -0.05) is 41.9 Å². The van der Waals surface area contributed by atoms with Crippen LogP contribution in [0.1, 0.15) is 16.1 Å². The summed E-state index contributed by atoms with van der Waals surface area (Å²) in [6, 6.07) is 14.8. The third kappa shape index (κ3) is 4.29. The quantitative estimate of drug-likeness (QED) is 0.697. The maximum Gasteiger partial charge on any atom is 0.374 e. The van der Waals surface area contributed by atoms with E-state index in [-0.39, 0.29) is 16.7 Å². The fourth-order valence-corrected chi connectivity index (χ4v) is 2.45. The predicted octanol–water partition coefficient (Wildman–Crippen LogP) is 2.92. The Morgan fingerprint density at radius 2 is 1.85 bits per heavy atom. The van der Waals surface area contributed by atoms with Gasteiger partial charge in [-0.2, -0.15) is 0 Å². The van der Waals surface area contributed by atoms with Crippen molar-refractivity contribution in [1.29, 1.82) is 0 Å². The van der Waals surface area contributed by atoms with E-state index in [9.17, 15) is 14.4 Å². The highest BCUT2D eigenvalue weighted by atomic mass is 35.5. The Hall–Kier alpha value is -3.12. The van der Waals surface area contributed by atoms with E-state index in [0.717, 1.165) is 11.6 Å². The standard InChI is InChI=1S/C19H14ClNO5/c20-13-6-7-16-14(8-13)15(22)9-17(26-16)19(24)25-11-18(23)21-10-12-4-2-1-3-5-12/h1-9H,10-11H2,(H,21,23). The first-order valence-electron chi connectivity index (χ1n) is 7.74. The van der Waals surface area contributed by atoms with Crippen LogP contribution in [-0.2, 0) is 16.1 Å². The number of amides is 1. The van der Waals surface area contributed by atoms with Gasteiger partial charge in [0, 0.05) is 17.6 Å². The monoisotopic (exact) mass is 371 g/mol. The van der Waals surface area contributed by atoms with E-state index in [4.69, 9.17) is 20.8 Å². The zero-order chi connectivity index (χ0) is 18.5. The van der Waals surface area contributed by atoms with Crippen LogP contribution >= 0.6 is 11.6 Å². The van der Waals surface area contributed by atoms with Gasteiger partial charge in [-0.25, -0.2) is 4.79 Å². The van der Waals surface area contributed by atoms with Crippen molar-refractivity contribution in [2.45, 2.75) is 6.54 Å². The van der Waals surface area contributed by atoms with E-state index in [0.29, 0.717) is 11.6 Å². The van der Waals surface area contributed by atoms with Gasteiger partial charge in [0.25, 0.3) is 5.91 Å². The lowest BCUT2D eigenvalue weighted by atomic mass is 10.2. The summed E-state index contributed by atoms with van der Waals surface area (Å²) in [4.78, 5) is 35.8. The molecule has 0 saturated heterocycles. The number of halogens is 1. The van der Waals surface area contributed by atoms with E-state index in [1.165, 1.54) is 12.1 Å². The molecule has 0 bridgehead atoms. The van der Waals surface area contributed by atoms with E-state index in [1.54, 1.807) is 6.07 Å². The van der Waals surface area contributed by atoms with Crippen LogP contribution in [0.2, 0.25) is 5.02 Å². The SMILES string of the molecule is O=C(COC(=O)c1cc(=O)c2cc(Cl)ccc2o1)NCc1ccccc1. The average Bonchev–Trinajstić information content (AvgIpc) is 2.65. The number of carbonyl (C=O) groups excluding carboxylic acids is 2. The van der Waals surface area contributed by atoms with Gasteiger partial charge < -0.3 is 14.5 Å². The highest BCUT2D eigenvalue weighted by Crippen LogP contribution is 2.18. The van der Waals surface area contributed by atoms with Gasteiger partial charge in [0.2, 0.25) is 5.76 Å². The van der Waals surface area contributed by atoms with Gasteiger partial charge >= 0.3 is 5.97 Å². The van der Waals surface area contributed by atoms with Crippen molar-refractivity contribution in [3.8, 4) is 0 Å². The van der Waals surface area contributed by atoms with Crippen LogP contribution < -0.4 is 10.7 Å². The molecule has 1 N–H and O–H groups in total. The van der Waals surface area contributed by atoms with E-state index in [2.05, 4.69) is 5.32 Å². The third-order valence-electron chi connectivity index (χ3n) is 3.56. The number of nitrogens with one attached hydrogen (secondary N) is 1. The molecule has 132 valence electrons. The Bertz CT molecular complexity index is 1010. The van der Waals surface area contributed by atoms with Crippen LogP contribution in [0.3, 0.4) is 0 Å². The molecule has 0 saturated carbocycles. The van der Waals surface area contributed by atoms with Crippen LogP contribution in [0.5, 0.6) is 0 Å². The summed E-state index contributed by atoms with van der Waals surface area (Å²) >= 11 is 5.83. The fraction of sp³-hybridized carbons (Fsp3) is 0.105. The Morgan fingerprint density at radius 3 is 2.62 bits per heavy atom. The molecule has 6 nitrogen and oxygen atoms in total. The average molecular weight is 372 g/mol. The summed E-state index contributed by atoms with van der Waals surface area (Å²) < 4.78 is 10.3. The second-order valence-corrected chi connectivity index (χ2v) is 5.89. The van der Waals surface area contributed by atoms with Crippen molar-refractivity contribution < 1.29 is 18.7 Å². The molecule has 0 aliphatic heterocycles. The summed E-state index contributed by atoms with van der Waals surface area (Å²) in [5.41, 5.74) is 0.711. The van der Waals surface area contributed by atoms with Crippen LogP contribution in [0.25, 0.3) is 11.0 Å². The Labute approximate surface area is 153 Å². The van der Waals surface area contributed by atoms with Crippen molar-refractivity contribution >= 4 is 34.4 Å². The number of esters is 1. The summed E-state index contributed by atoms with van der Waals surface area (Å²) in [5, 5.41) is 3.27. The highest BCUT2D eigenvalue weighted by molar-refractivity contribution is 6.31. The molecule has 0 spiro atoms. The fourth-order valence-electron chi connectivity index (χ4n) is 2.28. The van der Waals surface area contributed by atoms with E-state index in [1.807, 2.05) is 30.3 Å². The first kappa shape index (κ1) is 17.7. The number of benzene rings is 2. The molecular weight excluding hydrogens is 358 g/mol. The van der Waals surface area contributed by atoms with Crippen molar-refractivity contribution in [2.75, 3.05) is 6.61 Å². The van der Waals surface area contributed by atoms with Gasteiger partial charge in [0.1, 0.15) is 5.58 Å². The number of hydrogen-bond donors (Lipinski definition) is 1. The lowest BCUT2D eigenvalue weighted by Gasteiger charge is -2.07. The van der Waals surface area contributed by atoms with Crippen molar-refractivity contribution in [3.05, 3.63) is 81.2 Å². The molecule has 0 fully saturated rings.